The number of carbonyl (C=O) groups is 1. The smallest absolute Gasteiger partial charge is 0.210 e. The standard InChI is InChI=1S/C14H14O4/c1-16-10-4-2-9(3-5-10)13-8-12(15)11-6-7-17-14(11)18-13/h2-5,8,11,14H,6-7H2,1H3/t11-,14+/m0/s1. The van der Waals surface area contributed by atoms with Crippen LogP contribution in [-0.4, -0.2) is 25.8 Å². The largest absolute Gasteiger partial charge is 0.497 e. The van der Waals surface area contributed by atoms with Crippen molar-refractivity contribution in [2.24, 2.45) is 5.92 Å². The van der Waals surface area contributed by atoms with E-state index in [9.17, 15) is 4.79 Å². The van der Waals surface area contributed by atoms with Crippen molar-refractivity contribution in [1.29, 1.82) is 0 Å². The molecule has 0 aromatic heterocycles. The van der Waals surface area contributed by atoms with Crippen molar-refractivity contribution in [2.75, 3.05) is 13.7 Å². The Kier molecular flexibility index (Phi) is 2.80. The lowest BCUT2D eigenvalue weighted by Crippen LogP contribution is -2.29. The maximum Gasteiger partial charge on any atom is 0.210 e. The van der Waals surface area contributed by atoms with Crippen LogP contribution < -0.4 is 4.74 Å². The van der Waals surface area contributed by atoms with Gasteiger partial charge in [-0.1, -0.05) is 0 Å². The minimum absolute atomic E-state index is 0.0922. The highest BCUT2D eigenvalue weighted by atomic mass is 16.7. The number of fused-ring (bicyclic) bond motifs is 1. The SMILES string of the molecule is COc1ccc(C2=CC(=O)[C@@H]3CCO[C@@H]3O2)cc1. The summed E-state index contributed by atoms with van der Waals surface area (Å²) in [5.74, 6) is 1.31. The van der Waals surface area contributed by atoms with Crippen LogP contribution in [0.5, 0.6) is 5.75 Å². The first-order chi connectivity index (χ1) is 8.78. The predicted octanol–water partition coefficient (Wildman–Crippen LogP) is 2.00. The molecule has 0 saturated carbocycles. The summed E-state index contributed by atoms with van der Waals surface area (Å²) in [4.78, 5) is 11.9. The third-order valence-corrected chi connectivity index (χ3v) is 3.30. The number of hydrogen-bond donors (Lipinski definition) is 0. The topological polar surface area (TPSA) is 44.8 Å². The van der Waals surface area contributed by atoms with E-state index in [1.807, 2.05) is 24.3 Å². The summed E-state index contributed by atoms with van der Waals surface area (Å²) in [6.45, 7) is 0.588. The van der Waals surface area contributed by atoms with E-state index in [1.165, 1.54) is 0 Å². The van der Waals surface area contributed by atoms with Crippen LogP contribution in [0.1, 0.15) is 12.0 Å². The normalized spacial score (nSPS) is 26.3. The van der Waals surface area contributed by atoms with E-state index in [4.69, 9.17) is 14.2 Å². The quantitative estimate of drug-likeness (QED) is 0.800. The lowest BCUT2D eigenvalue weighted by atomic mass is 9.98. The second-order valence-corrected chi connectivity index (χ2v) is 4.39. The molecule has 1 aromatic rings. The lowest BCUT2D eigenvalue weighted by molar-refractivity contribution is -0.133. The summed E-state index contributed by atoms with van der Waals surface area (Å²) in [5.41, 5.74) is 0.859. The Balaban J connectivity index is 1.87. The van der Waals surface area contributed by atoms with Crippen LogP contribution in [0.4, 0.5) is 0 Å². The van der Waals surface area contributed by atoms with E-state index in [-0.39, 0.29) is 11.7 Å². The number of allylic oxidation sites excluding steroid dienone is 1. The molecule has 1 fully saturated rings. The molecule has 0 bridgehead atoms. The van der Waals surface area contributed by atoms with Crippen molar-refractivity contribution in [3.63, 3.8) is 0 Å². The molecule has 2 heterocycles. The van der Waals surface area contributed by atoms with Crippen LogP contribution in [-0.2, 0) is 14.3 Å². The van der Waals surface area contributed by atoms with Gasteiger partial charge in [-0.05, 0) is 30.7 Å². The Hall–Kier alpha value is -1.81. The van der Waals surface area contributed by atoms with E-state index >= 15 is 0 Å². The van der Waals surface area contributed by atoms with E-state index in [0.29, 0.717) is 12.4 Å². The average Bonchev–Trinajstić information content (AvgIpc) is 2.88. The molecule has 0 N–H and O–H groups in total. The van der Waals surface area contributed by atoms with Crippen molar-refractivity contribution in [3.8, 4) is 5.75 Å². The molecule has 1 aromatic carbocycles. The molecule has 0 aliphatic carbocycles. The molecular weight excluding hydrogens is 232 g/mol. The fourth-order valence-electron chi connectivity index (χ4n) is 2.26. The fourth-order valence-corrected chi connectivity index (χ4v) is 2.26. The van der Waals surface area contributed by atoms with Gasteiger partial charge in [-0.25, -0.2) is 0 Å². The predicted molar refractivity (Wildman–Crippen MR) is 64.9 cm³/mol. The second-order valence-electron chi connectivity index (χ2n) is 4.39. The Bertz CT molecular complexity index is 489. The Morgan fingerprint density at radius 2 is 2.06 bits per heavy atom. The molecule has 2 aliphatic heterocycles. The van der Waals surface area contributed by atoms with Gasteiger partial charge in [-0.3, -0.25) is 4.79 Å². The van der Waals surface area contributed by atoms with Crippen LogP contribution in [0.3, 0.4) is 0 Å². The summed E-state index contributed by atoms with van der Waals surface area (Å²) in [6, 6.07) is 7.41. The van der Waals surface area contributed by atoms with E-state index < -0.39 is 6.29 Å². The first-order valence-electron chi connectivity index (χ1n) is 5.96. The van der Waals surface area contributed by atoms with Gasteiger partial charge in [-0.15, -0.1) is 0 Å². The van der Waals surface area contributed by atoms with Gasteiger partial charge in [0.25, 0.3) is 0 Å². The summed E-state index contributed by atoms with van der Waals surface area (Å²) in [7, 11) is 1.62. The van der Waals surface area contributed by atoms with Crippen molar-refractivity contribution in [3.05, 3.63) is 35.9 Å². The molecule has 0 unspecified atom stereocenters. The summed E-state index contributed by atoms with van der Waals surface area (Å²) in [6.07, 6.45) is 1.90. The maximum atomic E-state index is 11.9. The molecular formula is C14H14O4. The molecule has 18 heavy (non-hydrogen) atoms. The molecule has 1 saturated heterocycles. The zero-order valence-electron chi connectivity index (χ0n) is 10.1. The number of benzene rings is 1. The highest BCUT2D eigenvalue weighted by molar-refractivity contribution is 5.98. The van der Waals surface area contributed by atoms with Crippen LogP contribution in [0, 0.1) is 5.92 Å². The lowest BCUT2D eigenvalue weighted by Gasteiger charge is -2.24. The van der Waals surface area contributed by atoms with Crippen molar-refractivity contribution in [2.45, 2.75) is 12.7 Å². The molecule has 2 aliphatic rings. The van der Waals surface area contributed by atoms with Crippen LogP contribution in [0.15, 0.2) is 30.3 Å². The van der Waals surface area contributed by atoms with Crippen molar-refractivity contribution < 1.29 is 19.0 Å². The maximum absolute atomic E-state index is 11.9. The Labute approximate surface area is 105 Å². The van der Waals surface area contributed by atoms with E-state index in [0.717, 1.165) is 17.7 Å². The van der Waals surface area contributed by atoms with Crippen LogP contribution in [0.25, 0.3) is 5.76 Å². The zero-order chi connectivity index (χ0) is 12.5. The number of methoxy groups -OCH3 is 1. The first kappa shape index (κ1) is 11.3. The minimum Gasteiger partial charge on any atom is -0.497 e. The average molecular weight is 246 g/mol. The third-order valence-electron chi connectivity index (χ3n) is 3.30. The monoisotopic (exact) mass is 246 g/mol. The van der Waals surface area contributed by atoms with Gasteiger partial charge < -0.3 is 14.2 Å². The second kappa shape index (κ2) is 4.46. The van der Waals surface area contributed by atoms with Gasteiger partial charge in [-0.2, -0.15) is 0 Å². The highest BCUT2D eigenvalue weighted by Crippen LogP contribution is 2.33. The molecule has 0 spiro atoms. The molecule has 2 atom stereocenters. The number of rotatable bonds is 2. The number of ketones is 1. The molecule has 0 radical (unpaired) electrons. The summed E-state index contributed by atoms with van der Waals surface area (Å²) >= 11 is 0. The zero-order valence-corrected chi connectivity index (χ0v) is 10.1. The molecule has 0 amide bonds. The van der Waals surface area contributed by atoms with Gasteiger partial charge in [0.1, 0.15) is 11.5 Å². The van der Waals surface area contributed by atoms with Crippen molar-refractivity contribution >= 4 is 11.5 Å². The van der Waals surface area contributed by atoms with Crippen LogP contribution >= 0.6 is 0 Å². The Morgan fingerprint density at radius 1 is 1.28 bits per heavy atom. The van der Waals surface area contributed by atoms with Gasteiger partial charge in [0.05, 0.1) is 19.6 Å². The molecule has 4 nitrogen and oxygen atoms in total. The van der Waals surface area contributed by atoms with Gasteiger partial charge >= 0.3 is 0 Å². The van der Waals surface area contributed by atoms with E-state index in [1.54, 1.807) is 13.2 Å². The fraction of sp³-hybridized carbons (Fsp3) is 0.357. The molecule has 3 rings (SSSR count). The number of hydrogen-bond acceptors (Lipinski definition) is 4. The van der Waals surface area contributed by atoms with Crippen molar-refractivity contribution in [1.82, 2.24) is 0 Å². The highest BCUT2D eigenvalue weighted by Gasteiger charge is 2.38. The minimum atomic E-state index is -0.417. The first-order valence-corrected chi connectivity index (χ1v) is 5.96. The van der Waals surface area contributed by atoms with E-state index in [2.05, 4.69) is 0 Å². The van der Waals surface area contributed by atoms with Crippen LogP contribution in [0.2, 0.25) is 0 Å². The number of carbonyl (C=O) groups excluding carboxylic acids is 1. The molecule has 4 heteroatoms. The van der Waals surface area contributed by atoms with Gasteiger partial charge in [0.2, 0.25) is 6.29 Å². The number of ether oxygens (including phenoxy) is 3. The Morgan fingerprint density at radius 3 is 2.78 bits per heavy atom. The summed E-state index contributed by atoms with van der Waals surface area (Å²) in [5, 5.41) is 0. The van der Waals surface area contributed by atoms with Gasteiger partial charge in [0, 0.05) is 11.6 Å². The third kappa shape index (κ3) is 1.88. The van der Waals surface area contributed by atoms with Gasteiger partial charge in [0.15, 0.2) is 5.78 Å². The summed E-state index contributed by atoms with van der Waals surface area (Å²) < 4.78 is 16.2. The molecule has 94 valence electrons.